The third-order valence-electron chi connectivity index (χ3n) is 6.14. The summed E-state index contributed by atoms with van der Waals surface area (Å²) in [7, 11) is 0. The molecule has 0 saturated carbocycles. The number of ether oxygens (including phenoxy) is 2. The maximum Gasteiger partial charge on any atom is 0.336 e. The summed E-state index contributed by atoms with van der Waals surface area (Å²) in [5, 5.41) is 3.34. The third-order valence-corrected chi connectivity index (χ3v) is 6.14. The topological polar surface area (TPSA) is 64.6 Å². The van der Waals surface area contributed by atoms with E-state index in [1.165, 1.54) is 5.56 Å². The van der Waals surface area contributed by atoms with Gasteiger partial charge in [0.2, 0.25) is 0 Å². The van der Waals surface area contributed by atoms with Crippen LogP contribution in [0.25, 0.3) is 0 Å². The van der Waals surface area contributed by atoms with Crippen LogP contribution in [0.3, 0.4) is 0 Å². The number of Topliss-reactive ketones (excluding diaryl/α,β-unsaturated/α-hetero) is 1. The molecule has 1 aliphatic carbocycles. The molecule has 0 aromatic heterocycles. The highest BCUT2D eigenvalue weighted by Gasteiger charge is 2.39. The Bertz CT molecular complexity index is 859. The van der Waals surface area contributed by atoms with Gasteiger partial charge in [0.1, 0.15) is 6.61 Å². The summed E-state index contributed by atoms with van der Waals surface area (Å²) < 4.78 is 11.2. The molecule has 5 heteroatoms. The fourth-order valence-electron chi connectivity index (χ4n) is 4.56. The molecular weight excluding hydrogens is 366 g/mol. The minimum atomic E-state index is -0.373. The van der Waals surface area contributed by atoms with E-state index in [9.17, 15) is 9.59 Å². The van der Waals surface area contributed by atoms with Crippen molar-refractivity contribution in [1.29, 1.82) is 0 Å². The Kier molecular flexibility index (Phi) is 5.86. The van der Waals surface area contributed by atoms with Gasteiger partial charge in [0.25, 0.3) is 0 Å². The molecule has 2 atom stereocenters. The Labute approximate surface area is 172 Å². The predicted molar refractivity (Wildman–Crippen MR) is 110 cm³/mol. The van der Waals surface area contributed by atoms with Gasteiger partial charge in [0, 0.05) is 35.9 Å². The Morgan fingerprint density at radius 2 is 2.00 bits per heavy atom. The van der Waals surface area contributed by atoms with E-state index < -0.39 is 0 Å². The second kappa shape index (κ2) is 8.54. The van der Waals surface area contributed by atoms with Crippen molar-refractivity contribution in [2.24, 2.45) is 0 Å². The molecule has 3 aliphatic rings. The molecule has 0 bridgehead atoms. The second-order valence-corrected chi connectivity index (χ2v) is 8.09. The van der Waals surface area contributed by atoms with Crippen LogP contribution in [0.4, 0.5) is 0 Å². The first kappa shape index (κ1) is 19.9. The molecule has 0 radical (unpaired) electrons. The van der Waals surface area contributed by atoms with Crippen LogP contribution in [0.15, 0.2) is 46.8 Å². The summed E-state index contributed by atoms with van der Waals surface area (Å²) in [5.41, 5.74) is 5.21. The van der Waals surface area contributed by atoms with Crippen molar-refractivity contribution in [3.63, 3.8) is 0 Å². The second-order valence-electron chi connectivity index (χ2n) is 8.09. The van der Waals surface area contributed by atoms with E-state index in [-0.39, 0.29) is 30.4 Å². The van der Waals surface area contributed by atoms with Crippen LogP contribution in [-0.2, 0) is 25.5 Å². The van der Waals surface area contributed by atoms with Crippen molar-refractivity contribution in [2.75, 3.05) is 13.2 Å². The number of rotatable bonds is 5. The maximum atomic E-state index is 13.1. The first-order chi connectivity index (χ1) is 14.1. The summed E-state index contributed by atoms with van der Waals surface area (Å²) >= 11 is 0. The fourth-order valence-corrected chi connectivity index (χ4v) is 4.56. The number of benzene rings is 1. The highest BCUT2D eigenvalue weighted by molar-refractivity contribution is 6.03. The number of ketones is 1. The lowest BCUT2D eigenvalue weighted by Crippen LogP contribution is -2.35. The number of aryl methyl sites for hydroxylation is 1. The van der Waals surface area contributed by atoms with Crippen LogP contribution in [0, 0.1) is 0 Å². The summed E-state index contributed by atoms with van der Waals surface area (Å²) in [6, 6.07) is 8.25. The molecule has 2 unspecified atom stereocenters. The quantitative estimate of drug-likeness (QED) is 0.765. The minimum Gasteiger partial charge on any atom is -0.459 e. The van der Waals surface area contributed by atoms with Crippen LogP contribution in [0.2, 0.25) is 0 Å². The zero-order valence-corrected chi connectivity index (χ0v) is 17.3. The van der Waals surface area contributed by atoms with Gasteiger partial charge in [-0.3, -0.25) is 4.79 Å². The monoisotopic (exact) mass is 395 g/mol. The normalized spacial score (nSPS) is 24.4. The molecular formula is C24H29NO4. The molecule has 1 aromatic rings. The summed E-state index contributed by atoms with van der Waals surface area (Å²) in [5.74, 6) is -0.609. The van der Waals surface area contributed by atoms with Crippen molar-refractivity contribution in [2.45, 2.75) is 64.4 Å². The lowest BCUT2D eigenvalue weighted by atomic mass is 9.75. The molecule has 1 aromatic carbocycles. The van der Waals surface area contributed by atoms with E-state index in [0.29, 0.717) is 12.0 Å². The molecule has 1 N–H and O–H groups in total. The Morgan fingerprint density at radius 3 is 2.69 bits per heavy atom. The SMILES string of the molecule is CCc1ccc(C2C(C(=O)OCC3CCCO3)=C(C)NC3=C2C(=O)CCC3)cc1. The Morgan fingerprint density at radius 1 is 1.21 bits per heavy atom. The average molecular weight is 395 g/mol. The molecule has 0 amide bonds. The van der Waals surface area contributed by atoms with Crippen molar-refractivity contribution < 1.29 is 19.1 Å². The summed E-state index contributed by atoms with van der Waals surface area (Å²) in [4.78, 5) is 26.0. The van der Waals surface area contributed by atoms with Crippen molar-refractivity contribution in [3.05, 3.63) is 57.9 Å². The molecule has 2 heterocycles. The minimum absolute atomic E-state index is 0.0233. The molecule has 2 aliphatic heterocycles. The smallest absolute Gasteiger partial charge is 0.336 e. The molecule has 4 rings (SSSR count). The number of hydrogen-bond donors (Lipinski definition) is 1. The largest absolute Gasteiger partial charge is 0.459 e. The molecule has 1 saturated heterocycles. The average Bonchev–Trinajstić information content (AvgIpc) is 3.25. The van der Waals surface area contributed by atoms with Gasteiger partial charge in [0.05, 0.1) is 11.7 Å². The number of hydrogen-bond acceptors (Lipinski definition) is 5. The fraction of sp³-hybridized carbons (Fsp3) is 0.500. The van der Waals surface area contributed by atoms with Gasteiger partial charge in [0.15, 0.2) is 5.78 Å². The third kappa shape index (κ3) is 4.01. The zero-order chi connectivity index (χ0) is 20.4. The van der Waals surface area contributed by atoms with Crippen LogP contribution in [0.1, 0.15) is 63.0 Å². The van der Waals surface area contributed by atoms with Crippen LogP contribution < -0.4 is 5.32 Å². The summed E-state index contributed by atoms with van der Waals surface area (Å²) in [6.45, 7) is 5.00. The van der Waals surface area contributed by atoms with Gasteiger partial charge in [-0.05, 0) is 50.2 Å². The van der Waals surface area contributed by atoms with Gasteiger partial charge in [-0.25, -0.2) is 4.79 Å². The molecule has 1 fully saturated rings. The lowest BCUT2D eigenvalue weighted by Gasteiger charge is -2.34. The molecule has 154 valence electrons. The molecule has 5 nitrogen and oxygen atoms in total. The molecule has 29 heavy (non-hydrogen) atoms. The zero-order valence-electron chi connectivity index (χ0n) is 17.3. The van der Waals surface area contributed by atoms with Crippen molar-refractivity contribution in [1.82, 2.24) is 5.32 Å². The van der Waals surface area contributed by atoms with E-state index in [1.807, 2.05) is 19.1 Å². The van der Waals surface area contributed by atoms with Crippen LogP contribution >= 0.6 is 0 Å². The highest BCUT2D eigenvalue weighted by Crippen LogP contribution is 2.42. The number of esters is 1. The van der Waals surface area contributed by atoms with Gasteiger partial charge in [-0.1, -0.05) is 31.2 Å². The van der Waals surface area contributed by atoms with Gasteiger partial charge in [-0.2, -0.15) is 0 Å². The number of dihydropyridines is 1. The van der Waals surface area contributed by atoms with E-state index in [4.69, 9.17) is 9.47 Å². The number of carbonyl (C=O) groups is 2. The highest BCUT2D eigenvalue weighted by atomic mass is 16.6. The van der Waals surface area contributed by atoms with E-state index in [0.717, 1.165) is 61.2 Å². The lowest BCUT2D eigenvalue weighted by molar-refractivity contribution is -0.142. The number of allylic oxidation sites excluding steroid dienone is 3. The maximum absolute atomic E-state index is 13.1. The van der Waals surface area contributed by atoms with E-state index in [2.05, 4.69) is 24.4 Å². The number of nitrogens with one attached hydrogen (secondary N) is 1. The molecule has 0 spiro atoms. The number of carbonyl (C=O) groups excluding carboxylic acids is 2. The summed E-state index contributed by atoms with van der Waals surface area (Å²) in [6.07, 6.45) is 5.05. The van der Waals surface area contributed by atoms with Crippen molar-refractivity contribution >= 4 is 11.8 Å². The predicted octanol–water partition coefficient (Wildman–Crippen LogP) is 3.94. The van der Waals surface area contributed by atoms with Gasteiger partial charge in [-0.15, -0.1) is 0 Å². The Balaban J connectivity index is 1.68. The first-order valence-corrected chi connectivity index (χ1v) is 10.7. The van der Waals surface area contributed by atoms with Gasteiger partial charge >= 0.3 is 5.97 Å². The van der Waals surface area contributed by atoms with Crippen LogP contribution in [-0.4, -0.2) is 31.1 Å². The van der Waals surface area contributed by atoms with Gasteiger partial charge < -0.3 is 14.8 Å². The Hall–Kier alpha value is -2.40. The van der Waals surface area contributed by atoms with Crippen molar-refractivity contribution in [3.8, 4) is 0 Å². The van der Waals surface area contributed by atoms with Crippen LogP contribution in [0.5, 0.6) is 0 Å². The standard InChI is InChI=1S/C24H29NO4/c1-3-16-9-11-17(12-10-16)22-21(24(27)29-14-18-6-5-13-28-18)15(2)25-19-7-4-8-20(26)23(19)22/h9-12,18,22,25H,3-8,13-14H2,1-2H3. The van der Waals surface area contributed by atoms with E-state index in [1.54, 1.807) is 0 Å². The van der Waals surface area contributed by atoms with E-state index >= 15 is 0 Å². The first-order valence-electron chi connectivity index (χ1n) is 10.7.